The molecule has 1 rings (SSSR count). The van der Waals surface area contributed by atoms with E-state index in [0.717, 1.165) is 89.9 Å². The summed E-state index contributed by atoms with van der Waals surface area (Å²) < 4.78 is 16.6. The molecule has 1 amide bonds. The van der Waals surface area contributed by atoms with Crippen molar-refractivity contribution in [2.75, 3.05) is 19.8 Å². The number of esters is 1. The van der Waals surface area contributed by atoms with E-state index in [1.807, 2.05) is 6.08 Å². The molecule has 0 spiro atoms. The molecule has 1 heterocycles. The molecule has 1 saturated heterocycles. The Kier molecular flexibility index (Phi) is 44.5. The summed E-state index contributed by atoms with van der Waals surface area (Å²) in [6, 6.07) is -0.835. The van der Waals surface area contributed by atoms with Crippen LogP contribution in [0.15, 0.2) is 60.8 Å². The number of allylic oxidation sites excluding steroid dienone is 9. The first-order valence-corrected chi connectivity index (χ1v) is 28.1. The number of amides is 1. The van der Waals surface area contributed by atoms with E-state index in [2.05, 4.69) is 67.8 Å². The van der Waals surface area contributed by atoms with Crippen LogP contribution in [-0.4, -0.2) is 100 Å². The van der Waals surface area contributed by atoms with Gasteiger partial charge in [0.2, 0.25) is 5.91 Å². The lowest BCUT2D eigenvalue weighted by atomic mass is 9.99. The summed E-state index contributed by atoms with van der Waals surface area (Å²) in [5.41, 5.74) is 0. The van der Waals surface area contributed by atoms with E-state index in [1.165, 1.54) is 116 Å². The van der Waals surface area contributed by atoms with Gasteiger partial charge in [-0.15, -0.1) is 0 Å². The van der Waals surface area contributed by atoms with Gasteiger partial charge in [0.25, 0.3) is 0 Å². The Hall–Kier alpha value is -2.64. The predicted octanol–water partition coefficient (Wildman–Crippen LogP) is 12.3. The summed E-state index contributed by atoms with van der Waals surface area (Å²) in [6.07, 6.45) is 50.4. The monoisotopic (exact) mass is 974 g/mol. The molecule has 11 heteroatoms. The molecule has 7 atom stereocenters. The van der Waals surface area contributed by atoms with Gasteiger partial charge in [-0.05, 0) is 103 Å². The first-order valence-electron chi connectivity index (χ1n) is 28.1. The molecule has 1 aliphatic heterocycles. The topological polar surface area (TPSA) is 175 Å². The van der Waals surface area contributed by atoms with E-state index in [-0.39, 0.29) is 18.5 Å². The van der Waals surface area contributed by atoms with Crippen LogP contribution in [0.3, 0.4) is 0 Å². The molecule has 400 valence electrons. The summed E-state index contributed by atoms with van der Waals surface area (Å²) in [6.45, 7) is 4.19. The highest BCUT2D eigenvalue weighted by Gasteiger charge is 2.44. The number of aliphatic hydroxyl groups is 5. The highest BCUT2D eigenvalue weighted by atomic mass is 16.7. The number of nitrogens with one attached hydrogen (secondary N) is 1. The minimum Gasteiger partial charge on any atom is -0.466 e. The average Bonchev–Trinajstić information content (AvgIpc) is 3.34. The van der Waals surface area contributed by atoms with Crippen molar-refractivity contribution in [1.29, 1.82) is 0 Å². The molecule has 0 radical (unpaired) electrons. The lowest BCUT2D eigenvalue weighted by Gasteiger charge is -2.40. The summed E-state index contributed by atoms with van der Waals surface area (Å²) >= 11 is 0. The van der Waals surface area contributed by atoms with E-state index in [9.17, 15) is 35.1 Å². The molecular weight excluding hydrogens is 871 g/mol. The third-order valence-electron chi connectivity index (χ3n) is 12.9. The van der Waals surface area contributed by atoms with Crippen molar-refractivity contribution in [2.24, 2.45) is 0 Å². The zero-order valence-corrected chi connectivity index (χ0v) is 43.8. The Morgan fingerprint density at radius 2 is 0.986 bits per heavy atom. The van der Waals surface area contributed by atoms with E-state index in [0.29, 0.717) is 19.4 Å². The van der Waals surface area contributed by atoms with Gasteiger partial charge < -0.3 is 45.1 Å². The van der Waals surface area contributed by atoms with E-state index in [1.54, 1.807) is 6.08 Å². The maximum atomic E-state index is 13.0. The second-order valence-electron chi connectivity index (χ2n) is 19.3. The van der Waals surface area contributed by atoms with E-state index < -0.39 is 49.5 Å². The van der Waals surface area contributed by atoms with Gasteiger partial charge in [-0.25, -0.2) is 0 Å². The standard InChI is InChI=1S/C58H103NO10/c1-3-5-7-9-11-13-14-22-26-30-34-38-42-46-54(63)67-47-43-39-35-31-27-24-21-19-17-15-16-18-20-23-25-29-33-37-41-45-53(62)59-50(51(61)44-40-36-32-28-12-10-8-6-4-2)49-68-58-57(66)56(65)55(64)52(48-60)69-58/h12-14,19,21,24,27-28,40,44,50-52,55-58,60-61,64-66H,3-11,15-18,20,22-23,25-26,29-39,41-43,45-49H2,1-2H3,(H,59,62)/b14-13-,21-19-,27-24-,28-12+,44-40+. The molecule has 0 bridgehead atoms. The van der Waals surface area contributed by atoms with Crippen LogP contribution in [0.4, 0.5) is 0 Å². The molecule has 6 N–H and O–H groups in total. The highest BCUT2D eigenvalue weighted by Crippen LogP contribution is 2.23. The van der Waals surface area contributed by atoms with Gasteiger partial charge in [0.15, 0.2) is 6.29 Å². The van der Waals surface area contributed by atoms with Crippen LogP contribution in [0.2, 0.25) is 0 Å². The normalized spacial score (nSPS) is 19.8. The molecule has 0 aromatic carbocycles. The fraction of sp³-hybridized carbons (Fsp3) is 0.793. The second kappa shape index (κ2) is 47.7. The average molecular weight is 974 g/mol. The second-order valence-corrected chi connectivity index (χ2v) is 19.3. The Labute approximate surface area is 420 Å². The number of carbonyl (C=O) groups is 2. The molecule has 0 aliphatic carbocycles. The first-order chi connectivity index (χ1) is 33.7. The summed E-state index contributed by atoms with van der Waals surface area (Å²) in [5, 5.41) is 54.1. The van der Waals surface area contributed by atoms with Crippen LogP contribution in [0.5, 0.6) is 0 Å². The van der Waals surface area contributed by atoms with Crippen LogP contribution in [-0.2, 0) is 23.8 Å². The number of hydrogen-bond acceptors (Lipinski definition) is 10. The minimum atomic E-state index is -1.58. The Balaban J connectivity index is 2.09. The number of rotatable bonds is 47. The number of hydrogen-bond donors (Lipinski definition) is 6. The van der Waals surface area contributed by atoms with Crippen molar-refractivity contribution in [2.45, 2.75) is 275 Å². The van der Waals surface area contributed by atoms with Gasteiger partial charge in [-0.1, -0.05) is 177 Å². The first kappa shape index (κ1) is 64.4. The number of carbonyl (C=O) groups excluding carboxylic acids is 2. The van der Waals surface area contributed by atoms with Crippen LogP contribution in [0.1, 0.15) is 232 Å². The van der Waals surface area contributed by atoms with Crippen molar-refractivity contribution in [3.63, 3.8) is 0 Å². The third kappa shape index (κ3) is 37.8. The minimum absolute atomic E-state index is 0.0393. The molecule has 11 nitrogen and oxygen atoms in total. The number of ether oxygens (including phenoxy) is 3. The maximum absolute atomic E-state index is 13.0. The Bertz CT molecular complexity index is 1330. The molecule has 7 unspecified atom stereocenters. The number of unbranched alkanes of at least 4 members (excludes halogenated alkanes) is 26. The molecular formula is C58H103NO10. The molecule has 0 aromatic rings. The summed E-state index contributed by atoms with van der Waals surface area (Å²) in [4.78, 5) is 25.0. The zero-order valence-electron chi connectivity index (χ0n) is 43.8. The van der Waals surface area contributed by atoms with Crippen molar-refractivity contribution in [3.05, 3.63) is 60.8 Å². The van der Waals surface area contributed by atoms with Gasteiger partial charge >= 0.3 is 5.97 Å². The van der Waals surface area contributed by atoms with E-state index in [4.69, 9.17) is 14.2 Å². The van der Waals surface area contributed by atoms with Crippen molar-refractivity contribution in [3.8, 4) is 0 Å². The SMILES string of the molecule is CCCCC/C=C/CC/C=C/C(O)C(COC1OC(CO)C(O)C(O)C1O)NC(=O)CCCCCCCCCCCC/C=C\C=C/CCCCCOC(=O)CCCCCCC/C=C\CCCCCC. The van der Waals surface area contributed by atoms with E-state index >= 15 is 0 Å². The molecule has 0 aromatic heterocycles. The van der Waals surface area contributed by atoms with Crippen molar-refractivity contribution in [1.82, 2.24) is 5.32 Å². The third-order valence-corrected chi connectivity index (χ3v) is 12.9. The maximum Gasteiger partial charge on any atom is 0.305 e. The van der Waals surface area contributed by atoms with Gasteiger partial charge in [0, 0.05) is 12.8 Å². The molecule has 0 saturated carbocycles. The van der Waals surface area contributed by atoms with Gasteiger partial charge in [-0.3, -0.25) is 9.59 Å². The van der Waals surface area contributed by atoms with Crippen LogP contribution < -0.4 is 5.32 Å². The Morgan fingerprint density at radius 1 is 0.536 bits per heavy atom. The number of aliphatic hydroxyl groups excluding tert-OH is 5. The lowest BCUT2D eigenvalue weighted by molar-refractivity contribution is -0.302. The van der Waals surface area contributed by atoms with Crippen molar-refractivity contribution >= 4 is 11.9 Å². The highest BCUT2D eigenvalue weighted by molar-refractivity contribution is 5.76. The predicted molar refractivity (Wildman–Crippen MR) is 283 cm³/mol. The summed E-state index contributed by atoms with van der Waals surface area (Å²) in [5.74, 6) is -0.245. The quantitative estimate of drug-likeness (QED) is 0.0149. The lowest BCUT2D eigenvalue weighted by Crippen LogP contribution is -2.60. The van der Waals surface area contributed by atoms with Crippen LogP contribution in [0.25, 0.3) is 0 Å². The molecule has 1 fully saturated rings. The molecule has 69 heavy (non-hydrogen) atoms. The Morgan fingerprint density at radius 3 is 1.55 bits per heavy atom. The molecule has 1 aliphatic rings. The smallest absolute Gasteiger partial charge is 0.305 e. The fourth-order valence-corrected chi connectivity index (χ4v) is 8.32. The largest absolute Gasteiger partial charge is 0.466 e. The fourth-order valence-electron chi connectivity index (χ4n) is 8.32. The summed E-state index contributed by atoms with van der Waals surface area (Å²) in [7, 11) is 0. The van der Waals surface area contributed by atoms with Gasteiger partial charge in [0.1, 0.15) is 24.4 Å². The van der Waals surface area contributed by atoms with Crippen LogP contribution >= 0.6 is 0 Å². The van der Waals surface area contributed by atoms with Gasteiger partial charge in [0.05, 0.1) is 32.0 Å². The van der Waals surface area contributed by atoms with Crippen molar-refractivity contribution < 1.29 is 49.3 Å². The van der Waals surface area contributed by atoms with Gasteiger partial charge in [-0.2, -0.15) is 0 Å². The zero-order chi connectivity index (χ0) is 50.3. The van der Waals surface area contributed by atoms with Crippen LogP contribution in [0, 0.1) is 0 Å².